The number of carbonyl (C=O) groups excluding carboxylic acids is 2. The first-order valence-electron chi connectivity index (χ1n) is 10.9. The summed E-state index contributed by atoms with van der Waals surface area (Å²) >= 11 is 1.04. The predicted molar refractivity (Wildman–Crippen MR) is 162 cm³/mol. The fourth-order valence-corrected chi connectivity index (χ4v) is 4.45. The number of carbonyl (C=O) groups is 2. The molecule has 1 fully saturated rings. The molecule has 7 N–H and O–H groups in total. The number of Topliss-reactive ketones (excluding diaryl/α,β-unsaturated/α-hetero) is 1. The molecule has 1 amide bonds. The summed E-state index contributed by atoms with van der Waals surface area (Å²) in [6.07, 6.45) is -1.42. The smallest absolute Gasteiger partial charge is 0.418 e. The van der Waals surface area contributed by atoms with Crippen LogP contribution in [0.25, 0.3) is 0 Å². The molecule has 1 aromatic heterocycles. The Bertz CT molecular complexity index is 1350. The summed E-state index contributed by atoms with van der Waals surface area (Å²) in [5, 5.41) is 23.0. The number of nitrogens with two attached hydrogens (primary N) is 2. The van der Waals surface area contributed by atoms with Crippen molar-refractivity contribution in [1.82, 2.24) is 10.0 Å². The number of ether oxygens (including phenoxy) is 1. The van der Waals surface area contributed by atoms with E-state index in [1.165, 1.54) is 19.2 Å². The van der Waals surface area contributed by atoms with E-state index >= 15 is 0 Å². The Morgan fingerprint density at radius 3 is 2.37 bits per heavy atom. The fourth-order valence-electron chi connectivity index (χ4n) is 3.45. The van der Waals surface area contributed by atoms with Gasteiger partial charge in [0.1, 0.15) is 23.9 Å². The maximum absolute atomic E-state index is 13.2. The number of aliphatic hydroxyl groups is 1. The number of hydrogen-bond donors (Lipinski definition) is 5. The zero-order valence-corrected chi connectivity index (χ0v) is 24.9. The molecule has 15 nitrogen and oxygen atoms in total. The number of oxime groups is 1. The van der Waals surface area contributed by atoms with Crippen molar-refractivity contribution in [2.45, 2.75) is 39.3 Å². The van der Waals surface area contributed by atoms with Gasteiger partial charge in [-0.25, -0.2) is 4.98 Å². The third-order valence-electron chi connectivity index (χ3n) is 5.56. The first-order valence-corrected chi connectivity index (χ1v) is 13.1. The quantitative estimate of drug-likeness (QED) is 0.0667. The van der Waals surface area contributed by atoms with Gasteiger partial charge < -0.3 is 26.1 Å². The maximum Gasteiger partial charge on any atom is 0.418 e. The summed E-state index contributed by atoms with van der Waals surface area (Å²) in [6.45, 7) is 2.23. The van der Waals surface area contributed by atoms with E-state index in [9.17, 15) is 23.1 Å². The number of hydroxylamine groups is 2. The van der Waals surface area contributed by atoms with Crippen molar-refractivity contribution in [3.05, 3.63) is 40.9 Å². The number of anilines is 1. The third kappa shape index (κ3) is 9.55. The number of amides is 1. The summed E-state index contributed by atoms with van der Waals surface area (Å²) in [6, 6.07) is 6.32. The van der Waals surface area contributed by atoms with Gasteiger partial charge in [-0.15, -0.1) is 15.6 Å². The Morgan fingerprint density at radius 1 is 1.29 bits per heavy atom. The molecule has 230 valence electrons. The van der Waals surface area contributed by atoms with Crippen LogP contribution in [0.4, 0.5) is 5.13 Å². The molecule has 0 spiro atoms. The molecule has 1 aliphatic heterocycles. The van der Waals surface area contributed by atoms with E-state index in [2.05, 4.69) is 14.4 Å². The van der Waals surface area contributed by atoms with Crippen LogP contribution in [-0.2, 0) is 29.1 Å². The molecule has 2 aromatic rings. The van der Waals surface area contributed by atoms with Crippen molar-refractivity contribution in [2.75, 3.05) is 18.9 Å². The van der Waals surface area contributed by atoms with Gasteiger partial charge in [0.05, 0.1) is 18.1 Å². The van der Waals surface area contributed by atoms with Crippen molar-refractivity contribution < 1.29 is 41.5 Å². The predicted octanol–water partition coefficient (Wildman–Crippen LogP) is 0.962. The lowest BCUT2D eigenvalue weighted by molar-refractivity contribution is -0.228. The normalized spacial score (nSPS) is 16.7. The number of nitrogens with one attached hydrogen (secondary N) is 1. The summed E-state index contributed by atoms with van der Waals surface area (Å²) in [5.74, 6) is -2.21. The molecule has 3 rings (SSSR count). The highest BCUT2D eigenvalue weighted by atomic mass is 32.3. The number of nitrogen functional groups attached to an aromatic ring is 2. The zero-order chi connectivity index (χ0) is 28.3. The number of β-lactam (4-membered cyclic amide) rings is 1. The summed E-state index contributed by atoms with van der Waals surface area (Å²) in [7, 11) is -4.95. The van der Waals surface area contributed by atoms with Crippen LogP contribution in [-0.4, -0.2) is 76.2 Å². The van der Waals surface area contributed by atoms with Gasteiger partial charge in [0, 0.05) is 17.4 Å². The van der Waals surface area contributed by atoms with Crippen molar-refractivity contribution in [3.63, 3.8) is 0 Å². The lowest BCUT2D eigenvalue weighted by atomic mass is 9.74. The van der Waals surface area contributed by atoms with Gasteiger partial charge in [-0.05, 0) is 38.1 Å². The molecule has 41 heavy (non-hydrogen) atoms. The SMILES string of the molecule is C.CC1(C)C(CC(=O)/C(=N\O[C@@H](CO)COc2ccc(C(=N)N)cc2)c2csc(N)n2)C(=O)N1OS(=O)(=O)O.S.S. The highest BCUT2D eigenvalue weighted by Gasteiger charge is 2.57. The molecule has 1 unspecified atom stereocenters. The van der Waals surface area contributed by atoms with E-state index < -0.39 is 52.7 Å². The largest absolute Gasteiger partial charge is 0.490 e. The third-order valence-corrected chi connectivity index (χ3v) is 6.57. The minimum absolute atomic E-state index is 0. The van der Waals surface area contributed by atoms with Crippen LogP contribution in [0.3, 0.4) is 0 Å². The summed E-state index contributed by atoms with van der Waals surface area (Å²) < 4.78 is 40.8. The molecule has 2 heterocycles. The highest BCUT2D eigenvalue weighted by Crippen LogP contribution is 2.40. The number of ketones is 1. The molecule has 0 saturated carbocycles. The second kappa shape index (κ2) is 15.3. The average Bonchev–Trinajstić information content (AvgIpc) is 3.28. The second-order valence-corrected chi connectivity index (χ2v) is 10.5. The van der Waals surface area contributed by atoms with Crippen LogP contribution >= 0.6 is 38.3 Å². The number of amidine groups is 1. The Balaban J connectivity index is 0.00000533. The lowest BCUT2D eigenvalue weighted by Gasteiger charge is -2.50. The summed E-state index contributed by atoms with van der Waals surface area (Å²) in [5.41, 5.74) is 10.1. The Labute approximate surface area is 255 Å². The van der Waals surface area contributed by atoms with Crippen LogP contribution in [0.15, 0.2) is 34.8 Å². The van der Waals surface area contributed by atoms with Crippen LogP contribution in [0.5, 0.6) is 5.75 Å². The number of thiazole rings is 1. The number of benzene rings is 1. The van der Waals surface area contributed by atoms with E-state index in [0.717, 1.165) is 11.3 Å². The van der Waals surface area contributed by atoms with E-state index in [1.807, 2.05) is 0 Å². The first-order chi connectivity index (χ1) is 17.7. The fraction of sp³-hybridized carbons (Fsp3) is 0.409. The van der Waals surface area contributed by atoms with Gasteiger partial charge in [-0.2, -0.15) is 40.5 Å². The van der Waals surface area contributed by atoms with Crippen molar-refractivity contribution in [2.24, 2.45) is 16.8 Å². The van der Waals surface area contributed by atoms with Gasteiger partial charge in [-0.3, -0.25) is 19.6 Å². The van der Waals surface area contributed by atoms with Gasteiger partial charge in [-0.1, -0.05) is 12.6 Å². The molecule has 1 aromatic carbocycles. The Kier molecular flexibility index (Phi) is 14.2. The number of nitrogens with zero attached hydrogens (tertiary/aromatic N) is 3. The molecule has 0 bridgehead atoms. The molecule has 19 heteroatoms. The first kappa shape index (κ1) is 38.1. The lowest BCUT2D eigenvalue weighted by Crippen LogP contribution is -2.68. The topological polar surface area (TPSA) is 241 Å². The van der Waals surface area contributed by atoms with Gasteiger partial charge in [0.2, 0.25) is 0 Å². The maximum atomic E-state index is 13.2. The van der Waals surface area contributed by atoms with Crippen molar-refractivity contribution in [3.8, 4) is 5.75 Å². The number of rotatable bonds is 13. The van der Waals surface area contributed by atoms with Crippen LogP contribution in [0, 0.1) is 11.3 Å². The molecule has 0 radical (unpaired) electrons. The van der Waals surface area contributed by atoms with Gasteiger partial charge >= 0.3 is 10.4 Å². The van der Waals surface area contributed by atoms with E-state index in [0.29, 0.717) is 16.4 Å². The second-order valence-electron chi connectivity index (χ2n) is 8.64. The highest BCUT2D eigenvalue weighted by molar-refractivity contribution is 7.80. The molecule has 2 atom stereocenters. The molecular formula is C22H34N6O9S4. The Morgan fingerprint density at radius 2 is 1.90 bits per heavy atom. The van der Waals surface area contributed by atoms with Crippen molar-refractivity contribution in [1.29, 1.82) is 5.41 Å². The van der Waals surface area contributed by atoms with Crippen LogP contribution in [0.1, 0.15) is 39.0 Å². The molecule has 1 saturated heterocycles. The van der Waals surface area contributed by atoms with E-state index in [-0.39, 0.29) is 63.4 Å². The van der Waals surface area contributed by atoms with Crippen molar-refractivity contribution >= 4 is 77.1 Å². The molecule has 0 aliphatic carbocycles. The summed E-state index contributed by atoms with van der Waals surface area (Å²) in [4.78, 5) is 35.0. The standard InChI is InChI=1S/C21H26N6O9S2.CH4.2H2S/c1-21(2)14(19(30)27(21)36-38(31,32)33)7-16(29)17(15-10-37-20(24)25-15)26-35-13(8-28)9-34-12-5-3-11(4-6-12)18(22)23;;;/h3-6,10,13-14,28H,7-9H2,1-2H3,(H3,22,23)(H2,24,25)(H,31,32,33);1H4;2*1H2/b26-17-;;;/t13-,14?;;;/m0.../s1. The number of aromatic nitrogens is 1. The van der Waals surface area contributed by atoms with Crippen LogP contribution < -0.4 is 16.2 Å². The minimum Gasteiger partial charge on any atom is -0.490 e. The van der Waals surface area contributed by atoms with Crippen LogP contribution in [0.2, 0.25) is 0 Å². The Hall–Kier alpha value is -2.94. The minimum atomic E-state index is -4.95. The van der Waals surface area contributed by atoms with Gasteiger partial charge in [0.15, 0.2) is 22.7 Å². The molecule has 1 aliphatic rings. The monoisotopic (exact) mass is 654 g/mol. The number of aliphatic hydroxyl groups excluding tert-OH is 1. The number of hydrogen-bond acceptors (Lipinski definition) is 13. The zero-order valence-electron chi connectivity index (χ0n) is 21.2. The van der Waals surface area contributed by atoms with E-state index in [4.69, 9.17) is 31.0 Å². The van der Waals surface area contributed by atoms with Gasteiger partial charge in [0.25, 0.3) is 5.91 Å². The average molecular weight is 655 g/mol. The molecular weight excluding hydrogens is 621 g/mol. The van der Waals surface area contributed by atoms with E-state index in [1.54, 1.807) is 24.3 Å².